The van der Waals surface area contributed by atoms with Gasteiger partial charge in [-0.3, -0.25) is 0 Å². The number of rotatable bonds is 6. The van der Waals surface area contributed by atoms with Gasteiger partial charge in [0.25, 0.3) is 0 Å². The summed E-state index contributed by atoms with van der Waals surface area (Å²) in [5, 5.41) is 4.04. The van der Waals surface area contributed by atoms with Gasteiger partial charge in [0, 0.05) is 12.1 Å². The Balaban J connectivity index is 2.12. The van der Waals surface area contributed by atoms with Crippen LogP contribution in [0.3, 0.4) is 0 Å². The molecule has 118 valence electrons. The van der Waals surface area contributed by atoms with Crippen molar-refractivity contribution in [2.24, 2.45) is 17.8 Å². The summed E-state index contributed by atoms with van der Waals surface area (Å²) in [5.41, 5.74) is 1.47. The molecule has 1 heteroatoms. The molecule has 0 spiro atoms. The zero-order valence-electron chi connectivity index (χ0n) is 14.3. The van der Waals surface area contributed by atoms with Crippen LogP contribution in [-0.2, 0) is 0 Å². The van der Waals surface area contributed by atoms with Crippen molar-refractivity contribution in [3.8, 4) is 0 Å². The highest BCUT2D eigenvalue weighted by atomic mass is 15.0. The van der Waals surface area contributed by atoms with Crippen molar-refractivity contribution in [1.82, 2.24) is 5.32 Å². The van der Waals surface area contributed by atoms with Gasteiger partial charge in [-0.1, -0.05) is 70.9 Å². The molecule has 2 rings (SSSR count). The molecule has 1 fully saturated rings. The Morgan fingerprint density at radius 3 is 2.05 bits per heavy atom. The van der Waals surface area contributed by atoms with Crippen molar-refractivity contribution in [3.63, 3.8) is 0 Å². The molecule has 1 aliphatic carbocycles. The van der Waals surface area contributed by atoms with Crippen LogP contribution < -0.4 is 5.32 Å². The average Bonchev–Trinajstić information content (AvgIpc) is 2.47. The van der Waals surface area contributed by atoms with E-state index in [-0.39, 0.29) is 0 Å². The van der Waals surface area contributed by atoms with Crippen LogP contribution in [-0.4, -0.2) is 6.04 Å². The molecular formula is C20H33N. The molecule has 0 heterocycles. The summed E-state index contributed by atoms with van der Waals surface area (Å²) in [5.74, 6) is 2.47. The number of hydrogen-bond donors (Lipinski definition) is 1. The largest absolute Gasteiger partial charge is 0.307 e. The van der Waals surface area contributed by atoms with Crippen LogP contribution in [0.2, 0.25) is 0 Å². The van der Waals surface area contributed by atoms with E-state index in [0.29, 0.717) is 12.1 Å². The van der Waals surface area contributed by atoms with Crippen LogP contribution >= 0.6 is 0 Å². The third-order valence-corrected chi connectivity index (χ3v) is 5.27. The Hall–Kier alpha value is -0.820. The maximum absolute atomic E-state index is 4.04. The maximum Gasteiger partial charge on any atom is 0.0350 e. The molecule has 0 aliphatic heterocycles. The second-order valence-electron chi connectivity index (χ2n) is 7.25. The minimum absolute atomic E-state index is 0.517. The normalized spacial score (nSPS) is 27.8. The summed E-state index contributed by atoms with van der Waals surface area (Å²) in [4.78, 5) is 0. The summed E-state index contributed by atoms with van der Waals surface area (Å²) >= 11 is 0. The van der Waals surface area contributed by atoms with E-state index in [1.807, 2.05) is 0 Å². The number of nitrogens with one attached hydrogen (secondary N) is 1. The summed E-state index contributed by atoms with van der Waals surface area (Å²) in [6, 6.07) is 12.3. The lowest BCUT2D eigenvalue weighted by atomic mass is 9.79. The molecule has 0 bridgehead atoms. The second kappa shape index (κ2) is 7.98. The third kappa shape index (κ3) is 4.57. The highest BCUT2D eigenvalue weighted by molar-refractivity contribution is 5.20. The van der Waals surface area contributed by atoms with Crippen LogP contribution in [0.4, 0.5) is 0 Å². The van der Waals surface area contributed by atoms with E-state index < -0.39 is 0 Å². The van der Waals surface area contributed by atoms with Crippen LogP contribution in [0.25, 0.3) is 0 Å². The Kier molecular flexibility index (Phi) is 6.29. The predicted molar refractivity (Wildman–Crippen MR) is 92.4 cm³/mol. The number of hydrogen-bond acceptors (Lipinski definition) is 1. The van der Waals surface area contributed by atoms with E-state index in [0.717, 1.165) is 17.8 Å². The molecule has 1 N–H and O–H groups in total. The van der Waals surface area contributed by atoms with Crippen molar-refractivity contribution in [3.05, 3.63) is 35.9 Å². The summed E-state index contributed by atoms with van der Waals surface area (Å²) in [6.45, 7) is 9.49. The lowest BCUT2D eigenvalue weighted by Crippen LogP contribution is -2.41. The first kappa shape index (κ1) is 16.5. The zero-order chi connectivity index (χ0) is 15.2. The Labute approximate surface area is 131 Å². The molecule has 1 aliphatic rings. The fraction of sp³-hybridized carbons (Fsp3) is 0.700. The van der Waals surface area contributed by atoms with Crippen molar-refractivity contribution in [2.75, 3.05) is 0 Å². The highest BCUT2D eigenvalue weighted by Crippen LogP contribution is 2.33. The van der Waals surface area contributed by atoms with E-state index in [1.54, 1.807) is 0 Å². The molecule has 1 aromatic carbocycles. The Morgan fingerprint density at radius 2 is 1.52 bits per heavy atom. The van der Waals surface area contributed by atoms with Crippen LogP contribution in [0.1, 0.15) is 71.4 Å². The summed E-state index contributed by atoms with van der Waals surface area (Å²) in [6.07, 6.45) is 6.59. The second-order valence-corrected chi connectivity index (χ2v) is 7.25. The monoisotopic (exact) mass is 287 g/mol. The van der Waals surface area contributed by atoms with Crippen molar-refractivity contribution < 1.29 is 0 Å². The Morgan fingerprint density at radius 1 is 0.952 bits per heavy atom. The lowest BCUT2D eigenvalue weighted by molar-refractivity contribution is 0.203. The molecular weight excluding hydrogens is 254 g/mol. The summed E-state index contributed by atoms with van der Waals surface area (Å²) in [7, 11) is 0. The van der Waals surface area contributed by atoms with Crippen LogP contribution in [0.15, 0.2) is 30.3 Å². The molecule has 1 saturated carbocycles. The third-order valence-electron chi connectivity index (χ3n) is 5.27. The molecule has 1 aromatic rings. The van der Waals surface area contributed by atoms with E-state index in [1.165, 1.54) is 37.7 Å². The molecule has 21 heavy (non-hydrogen) atoms. The molecule has 0 radical (unpaired) electrons. The zero-order valence-corrected chi connectivity index (χ0v) is 14.3. The fourth-order valence-corrected chi connectivity index (χ4v) is 4.26. The topological polar surface area (TPSA) is 12.0 Å². The van der Waals surface area contributed by atoms with E-state index in [4.69, 9.17) is 0 Å². The van der Waals surface area contributed by atoms with E-state index in [2.05, 4.69) is 63.3 Å². The van der Waals surface area contributed by atoms with Crippen molar-refractivity contribution in [2.45, 2.75) is 71.9 Å². The van der Waals surface area contributed by atoms with Gasteiger partial charge in [0.2, 0.25) is 0 Å². The first-order chi connectivity index (χ1) is 10.1. The van der Waals surface area contributed by atoms with Gasteiger partial charge in [0.1, 0.15) is 0 Å². The van der Waals surface area contributed by atoms with Crippen LogP contribution in [0, 0.1) is 17.8 Å². The van der Waals surface area contributed by atoms with Gasteiger partial charge < -0.3 is 5.32 Å². The van der Waals surface area contributed by atoms with Gasteiger partial charge in [-0.05, 0) is 42.6 Å². The maximum atomic E-state index is 4.04. The van der Waals surface area contributed by atoms with Gasteiger partial charge in [0.15, 0.2) is 0 Å². The van der Waals surface area contributed by atoms with E-state index >= 15 is 0 Å². The quantitative estimate of drug-likeness (QED) is 0.720. The molecule has 0 aromatic heterocycles. The predicted octanol–water partition coefficient (Wildman–Crippen LogP) is 5.58. The summed E-state index contributed by atoms with van der Waals surface area (Å²) < 4.78 is 0. The first-order valence-corrected chi connectivity index (χ1v) is 8.94. The minimum Gasteiger partial charge on any atom is -0.307 e. The molecule has 1 nitrogen and oxygen atoms in total. The minimum atomic E-state index is 0.517. The average molecular weight is 287 g/mol. The van der Waals surface area contributed by atoms with E-state index in [9.17, 15) is 0 Å². The SMILES string of the molecule is CCC(CC)C(NC1CC(C)CC(C)C1)c1ccccc1. The van der Waals surface area contributed by atoms with Gasteiger partial charge in [0.05, 0.1) is 0 Å². The van der Waals surface area contributed by atoms with Crippen molar-refractivity contribution >= 4 is 0 Å². The highest BCUT2D eigenvalue weighted by Gasteiger charge is 2.28. The standard InChI is InChI=1S/C20H33N/c1-5-17(6-2)20(18-10-8-7-9-11-18)21-19-13-15(3)12-16(4)14-19/h7-11,15-17,19-21H,5-6,12-14H2,1-4H3. The first-order valence-electron chi connectivity index (χ1n) is 8.94. The fourth-order valence-electron chi connectivity index (χ4n) is 4.26. The Bertz CT molecular complexity index is 386. The molecule has 0 amide bonds. The van der Waals surface area contributed by atoms with Crippen molar-refractivity contribution in [1.29, 1.82) is 0 Å². The molecule has 3 unspecified atom stereocenters. The van der Waals surface area contributed by atoms with Crippen LogP contribution in [0.5, 0.6) is 0 Å². The van der Waals surface area contributed by atoms with Gasteiger partial charge in [-0.2, -0.15) is 0 Å². The smallest absolute Gasteiger partial charge is 0.0350 e. The number of benzene rings is 1. The molecule has 3 atom stereocenters. The van der Waals surface area contributed by atoms with Gasteiger partial charge in [-0.25, -0.2) is 0 Å². The molecule has 0 saturated heterocycles. The van der Waals surface area contributed by atoms with Gasteiger partial charge >= 0.3 is 0 Å². The van der Waals surface area contributed by atoms with Gasteiger partial charge in [-0.15, -0.1) is 0 Å². The lowest BCUT2D eigenvalue weighted by Gasteiger charge is -2.37.